The Kier molecular flexibility index (Phi) is 9.11. The van der Waals surface area contributed by atoms with Crippen LogP contribution in [0.1, 0.15) is 45.7 Å². The number of hydrogen-bond acceptors (Lipinski definition) is 4. The van der Waals surface area contributed by atoms with E-state index in [1.807, 2.05) is 20.8 Å². The average Bonchev–Trinajstić information content (AvgIpc) is 2.75. The van der Waals surface area contributed by atoms with Crippen molar-refractivity contribution in [3.05, 3.63) is 66.2 Å². The quantitative estimate of drug-likeness (QED) is 0.466. The summed E-state index contributed by atoms with van der Waals surface area (Å²) < 4.78 is 18.0. The molecule has 0 amide bonds. The highest BCUT2D eigenvalue weighted by molar-refractivity contribution is 6.75. The third-order valence-corrected chi connectivity index (χ3v) is 7.98. The number of hydrogen-bond donors (Lipinski definition) is 0. The van der Waals surface area contributed by atoms with Crippen molar-refractivity contribution in [1.29, 1.82) is 0 Å². The minimum Gasteiger partial charge on any atom is -0.372 e. The molecule has 2 rings (SSSR count). The molecule has 0 aliphatic carbocycles. The second-order valence-electron chi connectivity index (χ2n) is 6.63. The van der Waals surface area contributed by atoms with E-state index in [0.29, 0.717) is 19.8 Å². The fourth-order valence-corrected chi connectivity index (χ4v) is 5.91. The summed E-state index contributed by atoms with van der Waals surface area (Å²) >= 11 is 0. The lowest BCUT2D eigenvalue weighted by molar-refractivity contribution is 0.0859. The molecule has 0 saturated carbocycles. The Morgan fingerprint density at radius 3 is 1.52 bits per heavy atom. The molecule has 4 nitrogen and oxygen atoms in total. The molecule has 0 bridgehead atoms. The first-order valence-corrected chi connectivity index (χ1v) is 12.3. The van der Waals surface area contributed by atoms with Crippen molar-refractivity contribution in [2.45, 2.75) is 34.6 Å². The number of anilines is 1. The number of benzene rings is 2. The largest absolute Gasteiger partial charge is 0.537 e. The molecule has 29 heavy (non-hydrogen) atoms. The van der Waals surface area contributed by atoms with E-state index in [4.69, 9.17) is 13.3 Å². The summed E-state index contributed by atoms with van der Waals surface area (Å²) in [5.41, 5.74) is 4.44. The van der Waals surface area contributed by atoms with Crippen molar-refractivity contribution in [3.8, 4) is 0 Å². The maximum Gasteiger partial charge on any atom is 0.537 e. The molecule has 0 N–H and O–H groups in total. The zero-order chi connectivity index (χ0) is 21.3. The van der Waals surface area contributed by atoms with Crippen molar-refractivity contribution in [3.63, 3.8) is 0 Å². The second kappa shape index (κ2) is 11.3. The summed E-state index contributed by atoms with van der Waals surface area (Å²) in [7, 11) is -2.87. The highest BCUT2D eigenvalue weighted by Crippen LogP contribution is 2.24. The Morgan fingerprint density at radius 2 is 1.14 bits per heavy atom. The molecule has 0 saturated heterocycles. The molecule has 0 atom stereocenters. The van der Waals surface area contributed by atoms with Crippen LogP contribution in [-0.2, 0) is 13.3 Å². The van der Waals surface area contributed by atoms with Gasteiger partial charge in [-0.2, -0.15) is 0 Å². The maximum atomic E-state index is 6.01. The Hall–Kier alpha value is -1.92. The van der Waals surface area contributed by atoms with Crippen molar-refractivity contribution in [2.24, 2.45) is 0 Å². The molecule has 2 aromatic rings. The predicted molar refractivity (Wildman–Crippen MR) is 125 cm³/mol. The highest BCUT2D eigenvalue weighted by atomic mass is 28.4. The SMILES string of the molecule is C=C(c1ccc(N(CC)CC)cc1)c1ccc([Si](OCC)(OCC)OCC)cc1. The number of rotatable bonds is 12. The first kappa shape index (κ1) is 23.4. The van der Waals surface area contributed by atoms with E-state index in [-0.39, 0.29) is 0 Å². The molecule has 0 heterocycles. The molecular weight excluding hydrogens is 378 g/mol. The standard InChI is InChI=1S/C24H35NO3Si/c1-7-25(8-2)23-16-12-21(13-17-23)20(6)22-14-18-24(19-15-22)29(26-9-3,27-10-4)28-11-5/h12-19H,6-11H2,1-5H3. The third kappa shape index (κ3) is 5.57. The summed E-state index contributed by atoms with van der Waals surface area (Å²) in [6, 6.07) is 16.9. The van der Waals surface area contributed by atoms with Gasteiger partial charge in [0.25, 0.3) is 0 Å². The van der Waals surface area contributed by atoms with Gasteiger partial charge in [0.05, 0.1) is 0 Å². The van der Waals surface area contributed by atoms with Gasteiger partial charge in [-0.25, -0.2) is 0 Å². The Labute approximate surface area is 177 Å². The minimum atomic E-state index is -2.87. The van der Waals surface area contributed by atoms with E-state index in [9.17, 15) is 0 Å². The fraction of sp³-hybridized carbons (Fsp3) is 0.417. The van der Waals surface area contributed by atoms with E-state index in [1.165, 1.54) is 5.69 Å². The Balaban J connectivity index is 2.25. The Morgan fingerprint density at radius 1 is 0.724 bits per heavy atom. The van der Waals surface area contributed by atoms with E-state index in [1.54, 1.807) is 0 Å². The summed E-state index contributed by atoms with van der Waals surface area (Å²) in [6.07, 6.45) is 0. The van der Waals surface area contributed by atoms with Crippen LogP contribution in [0.4, 0.5) is 5.69 Å². The van der Waals surface area contributed by atoms with Gasteiger partial charge in [-0.3, -0.25) is 0 Å². The van der Waals surface area contributed by atoms with Crippen molar-refractivity contribution in [1.82, 2.24) is 0 Å². The van der Waals surface area contributed by atoms with Crippen LogP contribution in [0.3, 0.4) is 0 Å². The molecule has 0 aliphatic rings. The molecule has 158 valence electrons. The molecule has 0 unspecified atom stereocenters. The normalized spacial score (nSPS) is 11.5. The van der Waals surface area contributed by atoms with Crippen LogP contribution in [0.15, 0.2) is 55.1 Å². The van der Waals surface area contributed by atoms with Gasteiger partial charge >= 0.3 is 8.80 Å². The fourth-order valence-electron chi connectivity index (χ4n) is 3.45. The smallest absolute Gasteiger partial charge is 0.372 e. The van der Waals surface area contributed by atoms with E-state index in [2.05, 4.69) is 73.9 Å². The maximum absolute atomic E-state index is 6.01. The van der Waals surface area contributed by atoms with Gasteiger partial charge < -0.3 is 18.2 Å². The lowest BCUT2D eigenvalue weighted by Gasteiger charge is -2.28. The van der Waals surface area contributed by atoms with Gasteiger partial charge in [0.1, 0.15) is 0 Å². The minimum absolute atomic E-state index is 0.555. The third-order valence-electron chi connectivity index (χ3n) is 4.93. The van der Waals surface area contributed by atoms with Crippen LogP contribution in [0.5, 0.6) is 0 Å². The average molecular weight is 414 g/mol. The molecule has 0 aromatic heterocycles. The summed E-state index contributed by atoms with van der Waals surface area (Å²) in [5, 5.41) is 0.983. The lowest BCUT2D eigenvalue weighted by atomic mass is 9.99. The zero-order valence-corrected chi connectivity index (χ0v) is 19.5. The van der Waals surface area contributed by atoms with E-state index in [0.717, 1.165) is 35.0 Å². The van der Waals surface area contributed by atoms with Crippen molar-refractivity contribution in [2.75, 3.05) is 37.8 Å². The molecule has 5 heteroatoms. The van der Waals surface area contributed by atoms with E-state index < -0.39 is 8.80 Å². The highest BCUT2D eigenvalue weighted by Gasteiger charge is 2.43. The van der Waals surface area contributed by atoms with Gasteiger partial charge in [0.15, 0.2) is 0 Å². The van der Waals surface area contributed by atoms with Crippen LogP contribution in [-0.4, -0.2) is 41.7 Å². The van der Waals surface area contributed by atoms with Gasteiger partial charge in [0.2, 0.25) is 0 Å². The number of nitrogens with zero attached hydrogens (tertiary/aromatic N) is 1. The van der Waals surface area contributed by atoms with Gasteiger partial charge in [-0.05, 0) is 63.5 Å². The zero-order valence-electron chi connectivity index (χ0n) is 18.5. The monoisotopic (exact) mass is 413 g/mol. The summed E-state index contributed by atoms with van der Waals surface area (Å²) in [6.45, 7) is 18.2. The van der Waals surface area contributed by atoms with Crippen LogP contribution in [0, 0.1) is 0 Å². The summed E-state index contributed by atoms with van der Waals surface area (Å²) in [5.74, 6) is 0. The molecule has 0 fully saturated rings. The lowest BCUT2D eigenvalue weighted by Crippen LogP contribution is -2.56. The molecule has 0 aliphatic heterocycles. The second-order valence-corrected chi connectivity index (χ2v) is 9.19. The molecule has 2 aromatic carbocycles. The predicted octanol–water partition coefficient (Wildman–Crippen LogP) is 4.85. The first-order valence-electron chi connectivity index (χ1n) is 10.6. The van der Waals surface area contributed by atoms with Crippen LogP contribution in [0.25, 0.3) is 5.57 Å². The van der Waals surface area contributed by atoms with Gasteiger partial charge in [-0.1, -0.05) is 43.0 Å². The Bertz CT molecular complexity index is 738. The van der Waals surface area contributed by atoms with Crippen molar-refractivity contribution >= 4 is 25.3 Å². The van der Waals surface area contributed by atoms with E-state index >= 15 is 0 Å². The van der Waals surface area contributed by atoms with Crippen molar-refractivity contribution < 1.29 is 13.3 Å². The van der Waals surface area contributed by atoms with Crippen LogP contribution in [0.2, 0.25) is 0 Å². The van der Waals surface area contributed by atoms with Crippen LogP contribution >= 0.6 is 0 Å². The molecule has 0 radical (unpaired) electrons. The topological polar surface area (TPSA) is 30.9 Å². The first-order chi connectivity index (χ1) is 14.0. The molecule has 0 spiro atoms. The van der Waals surface area contributed by atoms with Crippen LogP contribution < -0.4 is 10.1 Å². The van der Waals surface area contributed by atoms with Gasteiger partial charge in [-0.15, -0.1) is 0 Å². The summed E-state index contributed by atoms with van der Waals surface area (Å²) in [4.78, 5) is 2.33. The van der Waals surface area contributed by atoms with Gasteiger partial charge in [0, 0.05) is 43.8 Å². The molecular formula is C24H35NO3Si.